The topological polar surface area (TPSA) is 67.6 Å². The van der Waals surface area contributed by atoms with Gasteiger partial charge in [-0.2, -0.15) is 0 Å². The molecule has 0 spiro atoms. The number of ether oxygens (including phenoxy) is 1. The van der Waals surface area contributed by atoms with Crippen molar-refractivity contribution in [1.29, 1.82) is 0 Å². The van der Waals surface area contributed by atoms with Crippen molar-refractivity contribution in [2.45, 2.75) is 26.7 Å². The summed E-state index contributed by atoms with van der Waals surface area (Å²) in [5.74, 6) is 5.76. The quantitative estimate of drug-likeness (QED) is 0.416. The summed E-state index contributed by atoms with van der Waals surface area (Å²) in [7, 11) is 1.75. The molecule has 5 nitrogen and oxygen atoms in total. The van der Waals surface area contributed by atoms with Gasteiger partial charge in [0, 0.05) is 20.3 Å². The summed E-state index contributed by atoms with van der Waals surface area (Å²) in [6, 6.07) is 0. The van der Waals surface area contributed by atoms with Gasteiger partial charge < -0.3 is 9.64 Å². The van der Waals surface area contributed by atoms with Gasteiger partial charge in [0.25, 0.3) is 0 Å². The van der Waals surface area contributed by atoms with Crippen LogP contribution in [0.5, 0.6) is 0 Å². The summed E-state index contributed by atoms with van der Waals surface area (Å²) in [6.45, 7) is 7.54. The first-order valence-corrected chi connectivity index (χ1v) is 6.22. The third kappa shape index (κ3) is 4.26. The number of hydrogen-bond acceptors (Lipinski definition) is 4. The third-order valence-electron chi connectivity index (χ3n) is 3.47. The van der Waals surface area contributed by atoms with Crippen LogP contribution in [0, 0.1) is 11.3 Å². The molecule has 3 N–H and O–H groups in total. The van der Waals surface area contributed by atoms with Gasteiger partial charge in [0.1, 0.15) is 0 Å². The molecule has 1 fully saturated rings. The first-order valence-electron chi connectivity index (χ1n) is 6.22. The molecule has 0 bridgehead atoms. The van der Waals surface area contributed by atoms with Crippen LogP contribution in [0.2, 0.25) is 0 Å². The lowest BCUT2D eigenvalue weighted by molar-refractivity contribution is -0.130. The Labute approximate surface area is 104 Å². The van der Waals surface area contributed by atoms with Gasteiger partial charge in [-0.15, -0.1) is 0 Å². The molecule has 1 heterocycles. The Morgan fingerprint density at radius 1 is 1.47 bits per heavy atom. The lowest BCUT2D eigenvalue weighted by Crippen LogP contribution is -2.49. The number of nitrogens with one attached hydrogen (secondary N) is 1. The smallest absolute Gasteiger partial charge is 0.240 e. The SMILES string of the molecule is COCC1CCN(CC(C)(C)C(=O)NN)CC1. The molecule has 0 saturated carbocycles. The van der Waals surface area contributed by atoms with Crippen LogP contribution in [0.1, 0.15) is 26.7 Å². The van der Waals surface area contributed by atoms with Crippen molar-refractivity contribution >= 4 is 5.91 Å². The van der Waals surface area contributed by atoms with Crippen molar-refractivity contribution in [3.8, 4) is 0 Å². The fourth-order valence-corrected chi connectivity index (χ4v) is 2.37. The van der Waals surface area contributed by atoms with Crippen LogP contribution in [0.4, 0.5) is 0 Å². The zero-order valence-electron chi connectivity index (χ0n) is 11.2. The number of hydrogen-bond donors (Lipinski definition) is 2. The summed E-state index contributed by atoms with van der Waals surface area (Å²) in [5, 5.41) is 0. The predicted octanol–water partition coefficient (Wildman–Crippen LogP) is 0.361. The molecule has 1 saturated heterocycles. The molecule has 1 rings (SSSR count). The van der Waals surface area contributed by atoms with Gasteiger partial charge in [-0.3, -0.25) is 10.2 Å². The van der Waals surface area contributed by atoms with E-state index in [9.17, 15) is 4.79 Å². The fraction of sp³-hybridized carbons (Fsp3) is 0.917. The number of nitrogens with zero attached hydrogens (tertiary/aromatic N) is 1. The first kappa shape index (κ1) is 14.4. The number of amides is 1. The summed E-state index contributed by atoms with van der Waals surface area (Å²) in [5.41, 5.74) is 1.81. The van der Waals surface area contributed by atoms with Gasteiger partial charge in [-0.25, -0.2) is 5.84 Å². The number of nitrogens with two attached hydrogens (primary N) is 1. The highest BCUT2D eigenvalue weighted by atomic mass is 16.5. The molecule has 1 aliphatic heterocycles. The van der Waals surface area contributed by atoms with Crippen LogP contribution in [-0.4, -0.2) is 44.2 Å². The molecule has 0 aromatic rings. The summed E-state index contributed by atoms with van der Waals surface area (Å²) in [6.07, 6.45) is 2.29. The molecule has 0 aromatic heterocycles. The monoisotopic (exact) mass is 243 g/mol. The van der Waals surface area contributed by atoms with E-state index in [0.717, 1.165) is 39.1 Å². The minimum atomic E-state index is -0.428. The van der Waals surface area contributed by atoms with Crippen molar-refractivity contribution in [2.75, 3.05) is 33.4 Å². The number of likely N-dealkylation sites (tertiary alicyclic amines) is 1. The zero-order chi connectivity index (χ0) is 12.9. The van der Waals surface area contributed by atoms with Crippen molar-refractivity contribution in [3.63, 3.8) is 0 Å². The van der Waals surface area contributed by atoms with E-state index in [1.165, 1.54) is 0 Å². The van der Waals surface area contributed by atoms with Gasteiger partial charge in [-0.05, 0) is 45.7 Å². The molecule has 0 aliphatic carbocycles. The maximum Gasteiger partial charge on any atom is 0.240 e. The van der Waals surface area contributed by atoms with Gasteiger partial charge in [0.2, 0.25) is 5.91 Å². The molecule has 0 unspecified atom stereocenters. The number of rotatable bonds is 5. The summed E-state index contributed by atoms with van der Waals surface area (Å²) >= 11 is 0. The molecule has 100 valence electrons. The van der Waals surface area contributed by atoms with Gasteiger partial charge in [-0.1, -0.05) is 0 Å². The number of piperidine rings is 1. The molecule has 5 heteroatoms. The molecular formula is C12H25N3O2. The van der Waals surface area contributed by atoms with Gasteiger partial charge in [0.05, 0.1) is 5.41 Å². The standard InChI is InChI=1S/C12H25N3O2/c1-12(2,11(16)14-13)9-15-6-4-10(5-7-15)8-17-3/h10H,4-9,13H2,1-3H3,(H,14,16). The molecular weight excluding hydrogens is 218 g/mol. The van der Waals surface area contributed by atoms with Crippen LogP contribution >= 0.6 is 0 Å². The lowest BCUT2D eigenvalue weighted by atomic mass is 9.89. The van der Waals surface area contributed by atoms with Crippen LogP contribution in [0.3, 0.4) is 0 Å². The minimum Gasteiger partial charge on any atom is -0.384 e. The molecule has 17 heavy (non-hydrogen) atoms. The third-order valence-corrected chi connectivity index (χ3v) is 3.47. The van der Waals surface area contributed by atoms with Gasteiger partial charge >= 0.3 is 0 Å². The van der Waals surface area contributed by atoms with Crippen LogP contribution in [0.15, 0.2) is 0 Å². The Hall–Kier alpha value is -0.650. The molecule has 0 atom stereocenters. The van der Waals surface area contributed by atoms with Crippen LogP contribution in [-0.2, 0) is 9.53 Å². The number of carbonyl (C=O) groups excluding carboxylic acids is 1. The Balaban J connectivity index is 2.37. The molecule has 1 aliphatic rings. The molecule has 0 aromatic carbocycles. The summed E-state index contributed by atoms with van der Waals surface area (Å²) < 4.78 is 5.17. The van der Waals surface area contributed by atoms with E-state index in [0.29, 0.717) is 5.92 Å². The Kier molecular flexibility index (Phi) is 5.36. The van der Waals surface area contributed by atoms with Crippen LogP contribution < -0.4 is 11.3 Å². The highest BCUT2D eigenvalue weighted by Gasteiger charge is 2.31. The second kappa shape index (κ2) is 6.33. The van der Waals surface area contributed by atoms with E-state index >= 15 is 0 Å². The normalized spacial score (nSPS) is 19.3. The highest BCUT2D eigenvalue weighted by Crippen LogP contribution is 2.22. The van der Waals surface area contributed by atoms with E-state index in [-0.39, 0.29) is 5.91 Å². The van der Waals surface area contributed by atoms with E-state index in [2.05, 4.69) is 10.3 Å². The largest absolute Gasteiger partial charge is 0.384 e. The van der Waals surface area contributed by atoms with Crippen molar-refractivity contribution in [3.05, 3.63) is 0 Å². The molecule has 0 radical (unpaired) electrons. The minimum absolute atomic E-state index is 0.100. The van der Waals surface area contributed by atoms with E-state index in [1.54, 1.807) is 7.11 Å². The second-order valence-corrected chi connectivity index (χ2v) is 5.53. The van der Waals surface area contributed by atoms with E-state index < -0.39 is 5.41 Å². The Morgan fingerprint density at radius 2 is 2.06 bits per heavy atom. The maximum absolute atomic E-state index is 11.6. The zero-order valence-corrected chi connectivity index (χ0v) is 11.2. The van der Waals surface area contributed by atoms with Crippen molar-refractivity contribution in [1.82, 2.24) is 10.3 Å². The number of carbonyl (C=O) groups is 1. The van der Waals surface area contributed by atoms with Gasteiger partial charge in [0.15, 0.2) is 0 Å². The van der Waals surface area contributed by atoms with E-state index in [4.69, 9.17) is 10.6 Å². The Bertz CT molecular complexity index is 248. The fourth-order valence-electron chi connectivity index (χ4n) is 2.37. The van der Waals surface area contributed by atoms with Crippen molar-refractivity contribution in [2.24, 2.45) is 17.2 Å². The number of methoxy groups -OCH3 is 1. The lowest BCUT2D eigenvalue weighted by Gasteiger charge is -2.36. The average molecular weight is 243 g/mol. The Morgan fingerprint density at radius 3 is 2.53 bits per heavy atom. The maximum atomic E-state index is 11.6. The van der Waals surface area contributed by atoms with Crippen LogP contribution in [0.25, 0.3) is 0 Å². The highest BCUT2D eigenvalue weighted by molar-refractivity contribution is 5.81. The second-order valence-electron chi connectivity index (χ2n) is 5.53. The molecule has 1 amide bonds. The predicted molar refractivity (Wildman–Crippen MR) is 67.2 cm³/mol. The first-order chi connectivity index (χ1) is 7.99. The van der Waals surface area contributed by atoms with E-state index in [1.807, 2.05) is 13.8 Å². The average Bonchev–Trinajstić information content (AvgIpc) is 2.30. The number of hydrazine groups is 1. The summed E-state index contributed by atoms with van der Waals surface area (Å²) in [4.78, 5) is 13.9. The van der Waals surface area contributed by atoms with Crippen molar-refractivity contribution < 1.29 is 9.53 Å².